The Morgan fingerprint density at radius 1 is 0.977 bits per heavy atom. The normalized spacial score (nSPS) is 10.5. The third-order valence-corrected chi connectivity index (χ3v) is 5.96. The van der Waals surface area contributed by atoms with E-state index in [0.29, 0.717) is 41.2 Å². The summed E-state index contributed by atoms with van der Waals surface area (Å²) in [5.74, 6) is -2.68. The van der Waals surface area contributed by atoms with Crippen LogP contribution in [0.25, 0.3) is 11.0 Å². The number of rotatable bonds is 11. The van der Waals surface area contributed by atoms with Crippen molar-refractivity contribution in [2.45, 2.75) is 13.0 Å². The second kappa shape index (κ2) is 14.5. The lowest BCUT2D eigenvalue weighted by atomic mass is 10.1. The van der Waals surface area contributed by atoms with E-state index in [2.05, 4.69) is 15.3 Å². The summed E-state index contributed by atoms with van der Waals surface area (Å²) < 4.78 is 1.95. The summed E-state index contributed by atoms with van der Waals surface area (Å²) in [5.41, 5.74) is 8.92. The Morgan fingerprint density at radius 2 is 1.63 bits per heavy atom. The molecule has 0 saturated heterocycles. The number of aliphatic carboxylic acids is 3. The lowest BCUT2D eigenvalue weighted by Gasteiger charge is -2.21. The van der Waals surface area contributed by atoms with Gasteiger partial charge in [-0.05, 0) is 54.6 Å². The predicted octanol–water partition coefficient (Wildman–Crippen LogP) is 2.70. The van der Waals surface area contributed by atoms with Crippen LogP contribution in [0.3, 0.4) is 0 Å². The average molecular weight is 588 g/mol. The largest absolute Gasteiger partial charge is 0.481 e. The zero-order valence-corrected chi connectivity index (χ0v) is 23.0. The fourth-order valence-electron chi connectivity index (χ4n) is 3.83. The number of imidazole rings is 1. The number of nitrogens with zero attached hydrogens (tertiary/aromatic N) is 4. The maximum absolute atomic E-state index is 13.3. The molecule has 0 fully saturated rings. The molecule has 43 heavy (non-hydrogen) atoms. The molecular formula is C29H29N7O7. The quantitative estimate of drug-likeness (QED) is 0.0849. The number of carboxylic acids is 3. The first-order valence-electron chi connectivity index (χ1n) is 12.7. The smallest absolute Gasteiger partial charge is 0.328 e. The average Bonchev–Trinajstić information content (AvgIpc) is 3.30. The summed E-state index contributed by atoms with van der Waals surface area (Å²) in [7, 11) is 1.90. The van der Waals surface area contributed by atoms with E-state index in [9.17, 15) is 19.2 Å². The standard InChI is InChI=1S/C25H25N7O3.C4H4O4/c1-31-20-10-7-17(25(35)32(13-11-23(33)34)21-4-2-3-12-28-21)14-19(20)30-22(31)15-29-18-8-5-16(6-9-18)24(26)27;5-3(6)1-2-4(7)8/h2-10,12,14,29H,11,13,15H2,1H3,(H3,26,27)(H,33,34);1-2H,(H,5,6)(H,7,8)/b;2-1-. The molecule has 0 atom stereocenters. The fourth-order valence-corrected chi connectivity index (χ4v) is 3.83. The zero-order chi connectivity index (χ0) is 31.5. The van der Waals surface area contributed by atoms with Crippen LogP contribution < -0.4 is 16.0 Å². The molecule has 0 unspecified atom stereocenters. The number of hydrogen-bond acceptors (Lipinski definition) is 8. The summed E-state index contributed by atoms with van der Waals surface area (Å²) in [6, 6.07) is 17.6. The van der Waals surface area contributed by atoms with Crippen LogP contribution in [0.1, 0.15) is 28.2 Å². The van der Waals surface area contributed by atoms with Gasteiger partial charge in [0.25, 0.3) is 5.91 Å². The van der Waals surface area contributed by atoms with Crippen molar-refractivity contribution >= 4 is 52.2 Å². The van der Waals surface area contributed by atoms with Gasteiger partial charge in [-0.15, -0.1) is 0 Å². The number of pyridine rings is 1. The van der Waals surface area contributed by atoms with Crippen molar-refractivity contribution in [1.29, 1.82) is 5.41 Å². The van der Waals surface area contributed by atoms with Gasteiger partial charge in [0.1, 0.15) is 17.5 Å². The van der Waals surface area contributed by atoms with E-state index in [1.54, 1.807) is 48.7 Å². The van der Waals surface area contributed by atoms with Gasteiger partial charge >= 0.3 is 17.9 Å². The number of amides is 1. The number of nitrogen functional groups attached to an aromatic ring is 1. The van der Waals surface area contributed by atoms with Crippen LogP contribution in [0.4, 0.5) is 11.5 Å². The zero-order valence-electron chi connectivity index (χ0n) is 23.0. The van der Waals surface area contributed by atoms with Crippen molar-refractivity contribution in [1.82, 2.24) is 14.5 Å². The maximum atomic E-state index is 13.3. The van der Waals surface area contributed by atoms with Crippen LogP contribution in [0.15, 0.2) is 79.0 Å². The molecule has 2 aromatic heterocycles. The summed E-state index contributed by atoms with van der Waals surface area (Å²) in [6.07, 6.45) is 2.48. The van der Waals surface area contributed by atoms with E-state index in [4.69, 9.17) is 26.5 Å². The number of nitrogens with one attached hydrogen (secondary N) is 2. The van der Waals surface area contributed by atoms with E-state index in [1.807, 2.05) is 29.8 Å². The Kier molecular flexibility index (Phi) is 10.6. The number of nitrogens with two attached hydrogens (primary N) is 1. The lowest BCUT2D eigenvalue weighted by molar-refractivity contribution is -0.137. The monoisotopic (exact) mass is 587 g/mol. The third-order valence-electron chi connectivity index (χ3n) is 5.96. The first kappa shape index (κ1) is 31.5. The molecule has 0 bridgehead atoms. The Bertz CT molecular complexity index is 1650. The van der Waals surface area contributed by atoms with Gasteiger partial charge < -0.3 is 30.9 Å². The number of carboxylic acid groups (broad SMARTS) is 3. The maximum Gasteiger partial charge on any atom is 0.328 e. The first-order chi connectivity index (χ1) is 20.5. The second-order valence-electron chi connectivity index (χ2n) is 8.93. The molecule has 0 saturated carbocycles. The van der Waals surface area contributed by atoms with E-state index >= 15 is 0 Å². The number of fused-ring (bicyclic) bond motifs is 1. The van der Waals surface area contributed by atoms with Gasteiger partial charge in [0.15, 0.2) is 0 Å². The molecule has 14 heteroatoms. The van der Waals surface area contributed by atoms with Gasteiger partial charge in [-0.2, -0.15) is 0 Å². The molecule has 222 valence electrons. The van der Waals surface area contributed by atoms with Crippen LogP contribution in [0.2, 0.25) is 0 Å². The topological polar surface area (TPSA) is 225 Å². The molecule has 4 aromatic rings. The molecule has 0 radical (unpaired) electrons. The summed E-state index contributed by atoms with van der Waals surface area (Å²) in [6.45, 7) is 0.454. The number of carbonyl (C=O) groups excluding carboxylic acids is 1. The molecule has 0 aliphatic rings. The third kappa shape index (κ3) is 8.97. The molecule has 2 heterocycles. The van der Waals surface area contributed by atoms with E-state index in [0.717, 1.165) is 17.0 Å². The first-order valence-corrected chi connectivity index (χ1v) is 12.7. The molecule has 0 spiro atoms. The van der Waals surface area contributed by atoms with Gasteiger partial charge in [0.2, 0.25) is 0 Å². The number of carbonyl (C=O) groups is 4. The van der Waals surface area contributed by atoms with Crippen LogP contribution in [0.5, 0.6) is 0 Å². The number of amidine groups is 1. The predicted molar refractivity (Wildman–Crippen MR) is 158 cm³/mol. The molecule has 4 rings (SSSR count). The summed E-state index contributed by atoms with van der Waals surface area (Å²) >= 11 is 0. The van der Waals surface area contributed by atoms with Gasteiger partial charge in [-0.25, -0.2) is 19.6 Å². The SMILES string of the molecule is Cn1c(CNc2ccc(C(=N)N)cc2)nc2cc(C(=O)N(CCC(=O)O)c3ccccn3)ccc21.O=C(O)/C=C\C(=O)O. The van der Waals surface area contributed by atoms with Gasteiger partial charge in [-0.3, -0.25) is 19.9 Å². The van der Waals surface area contributed by atoms with Crippen molar-refractivity contribution in [3.8, 4) is 0 Å². The van der Waals surface area contributed by atoms with Crippen LogP contribution >= 0.6 is 0 Å². The highest BCUT2D eigenvalue weighted by Crippen LogP contribution is 2.21. The molecule has 7 N–H and O–H groups in total. The number of hydrogen-bond donors (Lipinski definition) is 6. The minimum absolute atomic E-state index is 0.00300. The van der Waals surface area contributed by atoms with Crippen molar-refractivity contribution < 1.29 is 34.5 Å². The summed E-state index contributed by atoms with van der Waals surface area (Å²) in [5, 5.41) is 35.5. The Labute approximate surface area is 245 Å². The van der Waals surface area contributed by atoms with E-state index < -0.39 is 17.9 Å². The number of benzene rings is 2. The number of anilines is 2. The van der Waals surface area contributed by atoms with Crippen molar-refractivity contribution in [3.63, 3.8) is 0 Å². The number of aryl methyl sites for hydroxylation is 1. The molecule has 0 aliphatic heterocycles. The molecule has 0 aliphatic carbocycles. The summed E-state index contributed by atoms with van der Waals surface area (Å²) in [4.78, 5) is 53.8. The molecule has 14 nitrogen and oxygen atoms in total. The van der Waals surface area contributed by atoms with E-state index in [1.165, 1.54) is 4.90 Å². The van der Waals surface area contributed by atoms with E-state index in [-0.39, 0.29) is 24.7 Å². The Hall–Kier alpha value is -6.05. The van der Waals surface area contributed by atoms with Gasteiger partial charge in [0, 0.05) is 48.8 Å². The minimum atomic E-state index is -1.26. The Morgan fingerprint density at radius 3 is 2.19 bits per heavy atom. The Balaban J connectivity index is 0.000000557. The highest BCUT2D eigenvalue weighted by Gasteiger charge is 2.21. The minimum Gasteiger partial charge on any atom is -0.481 e. The van der Waals surface area contributed by atoms with Gasteiger partial charge in [-0.1, -0.05) is 6.07 Å². The molecular weight excluding hydrogens is 558 g/mol. The molecule has 1 amide bonds. The second-order valence-corrected chi connectivity index (χ2v) is 8.93. The van der Waals surface area contributed by atoms with Crippen LogP contribution in [-0.4, -0.2) is 66.1 Å². The van der Waals surface area contributed by atoms with Crippen LogP contribution in [0, 0.1) is 5.41 Å². The highest BCUT2D eigenvalue weighted by atomic mass is 16.4. The number of aromatic nitrogens is 3. The molecule has 2 aromatic carbocycles. The van der Waals surface area contributed by atoms with Gasteiger partial charge in [0.05, 0.1) is 24.0 Å². The van der Waals surface area contributed by atoms with Crippen molar-refractivity contribution in [3.05, 3.63) is 96.0 Å². The van der Waals surface area contributed by atoms with Crippen LogP contribution in [-0.2, 0) is 28.0 Å². The van der Waals surface area contributed by atoms with Crippen molar-refractivity contribution in [2.24, 2.45) is 12.8 Å². The lowest BCUT2D eigenvalue weighted by Crippen LogP contribution is -2.33. The van der Waals surface area contributed by atoms with Crippen molar-refractivity contribution in [2.75, 3.05) is 16.8 Å². The fraction of sp³-hybridized carbons (Fsp3) is 0.138. The highest BCUT2D eigenvalue weighted by molar-refractivity contribution is 6.07.